The number of hydrogen-bond donors (Lipinski definition) is 0. The Kier molecular flexibility index (Phi) is 3.33. The first kappa shape index (κ1) is 11.7. The van der Waals surface area contributed by atoms with Gasteiger partial charge in [0.2, 0.25) is 5.28 Å². The van der Waals surface area contributed by atoms with E-state index in [-0.39, 0.29) is 0 Å². The fourth-order valence-electron chi connectivity index (χ4n) is 2.23. The molecule has 1 aromatic carbocycles. The smallest absolute Gasteiger partial charge is 0.225 e. The van der Waals surface area contributed by atoms with Gasteiger partial charge in [-0.2, -0.15) is 0 Å². The van der Waals surface area contributed by atoms with E-state index < -0.39 is 0 Å². The van der Waals surface area contributed by atoms with Crippen molar-refractivity contribution in [3.05, 3.63) is 35.6 Å². The van der Waals surface area contributed by atoms with Crippen molar-refractivity contribution in [2.24, 2.45) is 5.92 Å². The second kappa shape index (κ2) is 5.11. The summed E-state index contributed by atoms with van der Waals surface area (Å²) in [6.07, 6.45) is 5.26. The second-order valence-corrected chi connectivity index (χ2v) is 5.23. The molecule has 94 valence electrons. The van der Waals surface area contributed by atoms with Crippen LogP contribution in [-0.4, -0.2) is 14.8 Å². The van der Waals surface area contributed by atoms with Crippen LogP contribution >= 0.6 is 11.6 Å². The van der Waals surface area contributed by atoms with Gasteiger partial charge in [0, 0.05) is 12.1 Å². The quantitative estimate of drug-likeness (QED) is 0.820. The van der Waals surface area contributed by atoms with Crippen molar-refractivity contribution in [1.82, 2.24) is 14.8 Å². The molecule has 0 N–H and O–H groups in total. The van der Waals surface area contributed by atoms with E-state index in [0.29, 0.717) is 5.28 Å². The second-order valence-electron chi connectivity index (χ2n) is 4.90. The van der Waals surface area contributed by atoms with E-state index in [1.807, 2.05) is 34.9 Å². The van der Waals surface area contributed by atoms with Crippen LogP contribution < -0.4 is 0 Å². The molecule has 1 fully saturated rings. The Morgan fingerprint density at radius 2 is 1.94 bits per heavy atom. The molecule has 0 spiro atoms. The Balaban J connectivity index is 1.77. The molecule has 1 aromatic heterocycles. The van der Waals surface area contributed by atoms with Gasteiger partial charge in [-0.25, -0.2) is 0 Å². The molecule has 1 aliphatic carbocycles. The third kappa shape index (κ3) is 2.56. The SMILES string of the molecule is Clc1nnc(-c2ccccc2)n1CCCC1CC1. The van der Waals surface area contributed by atoms with E-state index in [0.717, 1.165) is 30.3 Å². The van der Waals surface area contributed by atoms with Gasteiger partial charge in [0.15, 0.2) is 5.82 Å². The Morgan fingerprint density at radius 1 is 1.17 bits per heavy atom. The highest BCUT2D eigenvalue weighted by Crippen LogP contribution is 2.34. The van der Waals surface area contributed by atoms with Gasteiger partial charge in [-0.15, -0.1) is 10.2 Å². The molecule has 0 aliphatic heterocycles. The summed E-state index contributed by atoms with van der Waals surface area (Å²) in [5.41, 5.74) is 1.07. The summed E-state index contributed by atoms with van der Waals surface area (Å²) < 4.78 is 2.01. The fourth-order valence-corrected chi connectivity index (χ4v) is 2.43. The number of rotatable bonds is 5. The lowest BCUT2D eigenvalue weighted by Gasteiger charge is -2.07. The molecule has 18 heavy (non-hydrogen) atoms. The molecule has 1 aliphatic rings. The van der Waals surface area contributed by atoms with Gasteiger partial charge in [0.25, 0.3) is 0 Å². The summed E-state index contributed by atoms with van der Waals surface area (Å²) in [6, 6.07) is 10.1. The van der Waals surface area contributed by atoms with Crippen molar-refractivity contribution in [2.75, 3.05) is 0 Å². The van der Waals surface area contributed by atoms with E-state index in [1.165, 1.54) is 19.3 Å². The zero-order valence-electron chi connectivity index (χ0n) is 10.2. The van der Waals surface area contributed by atoms with Crippen LogP contribution in [0.1, 0.15) is 25.7 Å². The van der Waals surface area contributed by atoms with Gasteiger partial charge in [-0.05, 0) is 30.4 Å². The van der Waals surface area contributed by atoms with Crippen molar-refractivity contribution >= 4 is 11.6 Å². The van der Waals surface area contributed by atoms with Gasteiger partial charge >= 0.3 is 0 Å². The first-order valence-corrected chi connectivity index (χ1v) is 6.86. The summed E-state index contributed by atoms with van der Waals surface area (Å²) in [5, 5.41) is 8.66. The van der Waals surface area contributed by atoms with Crippen molar-refractivity contribution in [3.8, 4) is 11.4 Å². The molecule has 0 unspecified atom stereocenters. The third-order valence-electron chi connectivity index (χ3n) is 3.43. The maximum Gasteiger partial charge on any atom is 0.225 e. The molecule has 0 radical (unpaired) electrons. The number of hydrogen-bond acceptors (Lipinski definition) is 2. The third-order valence-corrected chi connectivity index (χ3v) is 3.71. The first-order chi connectivity index (χ1) is 8.84. The van der Waals surface area contributed by atoms with Crippen molar-refractivity contribution in [2.45, 2.75) is 32.2 Å². The van der Waals surface area contributed by atoms with E-state index in [9.17, 15) is 0 Å². The lowest BCUT2D eigenvalue weighted by molar-refractivity contribution is 0.579. The van der Waals surface area contributed by atoms with Crippen LogP contribution in [0.5, 0.6) is 0 Å². The molecule has 3 rings (SSSR count). The Bertz CT molecular complexity index is 517. The first-order valence-electron chi connectivity index (χ1n) is 6.49. The van der Waals surface area contributed by atoms with E-state index in [1.54, 1.807) is 0 Å². The van der Waals surface area contributed by atoms with Crippen LogP contribution in [-0.2, 0) is 6.54 Å². The van der Waals surface area contributed by atoms with Crippen LogP contribution in [0.25, 0.3) is 11.4 Å². The van der Waals surface area contributed by atoms with Crippen molar-refractivity contribution in [3.63, 3.8) is 0 Å². The van der Waals surface area contributed by atoms with Crippen LogP contribution in [0, 0.1) is 5.92 Å². The summed E-state index contributed by atoms with van der Waals surface area (Å²) in [6.45, 7) is 0.909. The van der Waals surface area contributed by atoms with E-state index in [2.05, 4.69) is 10.2 Å². The standard InChI is InChI=1S/C14H16ClN3/c15-14-17-16-13(12-6-2-1-3-7-12)18(14)10-4-5-11-8-9-11/h1-3,6-7,11H,4-5,8-10H2. The predicted octanol–water partition coefficient (Wildman–Crippen LogP) is 3.79. The van der Waals surface area contributed by atoms with Gasteiger partial charge in [0.05, 0.1) is 0 Å². The van der Waals surface area contributed by atoms with Crippen LogP contribution in [0.15, 0.2) is 30.3 Å². The lowest BCUT2D eigenvalue weighted by atomic mass is 10.2. The highest BCUT2D eigenvalue weighted by molar-refractivity contribution is 6.28. The van der Waals surface area contributed by atoms with E-state index in [4.69, 9.17) is 11.6 Å². The minimum Gasteiger partial charge on any atom is -0.298 e. The van der Waals surface area contributed by atoms with Crippen LogP contribution in [0.3, 0.4) is 0 Å². The minimum atomic E-state index is 0.490. The summed E-state index contributed by atoms with van der Waals surface area (Å²) >= 11 is 6.12. The van der Waals surface area contributed by atoms with E-state index >= 15 is 0 Å². The zero-order valence-corrected chi connectivity index (χ0v) is 11.0. The molecule has 2 aromatic rings. The summed E-state index contributed by atoms with van der Waals surface area (Å²) in [7, 11) is 0. The normalized spacial score (nSPS) is 14.9. The molecule has 0 saturated heterocycles. The molecule has 4 heteroatoms. The van der Waals surface area contributed by atoms with Gasteiger partial charge < -0.3 is 0 Å². The minimum absolute atomic E-state index is 0.490. The van der Waals surface area contributed by atoms with Crippen LogP contribution in [0.2, 0.25) is 5.28 Å². The average molecular weight is 262 g/mol. The molecule has 0 atom stereocenters. The molecule has 0 amide bonds. The summed E-state index contributed by atoms with van der Waals surface area (Å²) in [4.78, 5) is 0. The topological polar surface area (TPSA) is 30.7 Å². The Hall–Kier alpha value is -1.35. The number of benzene rings is 1. The zero-order chi connectivity index (χ0) is 12.4. The molecule has 0 bridgehead atoms. The number of halogens is 1. The highest BCUT2D eigenvalue weighted by Gasteiger charge is 2.21. The lowest BCUT2D eigenvalue weighted by Crippen LogP contribution is -2.01. The van der Waals surface area contributed by atoms with Gasteiger partial charge in [-0.1, -0.05) is 43.2 Å². The van der Waals surface area contributed by atoms with Crippen molar-refractivity contribution < 1.29 is 0 Å². The summed E-state index contributed by atoms with van der Waals surface area (Å²) in [5.74, 6) is 1.83. The molecular weight excluding hydrogens is 246 g/mol. The molecule has 1 heterocycles. The maximum atomic E-state index is 6.12. The number of nitrogens with zero attached hydrogens (tertiary/aromatic N) is 3. The average Bonchev–Trinajstić information content (AvgIpc) is 3.15. The van der Waals surface area contributed by atoms with Gasteiger partial charge in [-0.3, -0.25) is 4.57 Å². The monoisotopic (exact) mass is 261 g/mol. The molecular formula is C14H16ClN3. The predicted molar refractivity (Wildman–Crippen MR) is 72.4 cm³/mol. The Labute approximate surface area is 112 Å². The Morgan fingerprint density at radius 3 is 2.67 bits per heavy atom. The van der Waals surface area contributed by atoms with Gasteiger partial charge in [0.1, 0.15) is 0 Å². The van der Waals surface area contributed by atoms with Crippen molar-refractivity contribution in [1.29, 1.82) is 0 Å². The van der Waals surface area contributed by atoms with Crippen LogP contribution in [0.4, 0.5) is 0 Å². The molecule has 1 saturated carbocycles. The molecule has 3 nitrogen and oxygen atoms in total. The maximum absolute atomic E-state index is 6.12. The highest BCUT2D eigenvalue weighted by atomic mass is 35.5. The number of aromatic nitrogens is 3. The largest absolute Gasteiger partial charge is 0.298 e. The fraction of sp³-hybridized carbons (Fsp3) is 0.429.